The summed E-state index contributed by atoms with van der Waals surface area (Å²) in [7, 11) is 0. The van der Waals surface area contributed by atoms with Gasteiger partial charge in [-0.25, -0.2) is 19.9 Å². The van der Waals surface area contributed by atoms with Crippen LogP contribution in [0.1, 0.15) is 0 Å². The Bertz CT molecular complexity index is 3330. The Morgan fingerprint density at radius 3 is 0.894 bits per heavy atom. The molecule has 0 unspecified atom stereocenters. The maximum absolute atomic E-state index is 5.13. The third-order valence-corrected chi connectivity index (χ3v) is 12.0. The zero-order valence-corrected chi connectivity index (χ0v) is 36.0. The van der Waals surface area contributed by atoms with Crippen LogP contribution in [0.25, 0.3) is 112 Å². The minimum Gasteiger partial charge on any atom is -0.228 e. The molecule has 0 spiro atoms. The maximum atomic E-state index is 5.13. The highest BCUT2D eigenvalue weighted by molar-refractivity contribution is 5.93. The van der Waals surface area contributed by atoms with Crippen molar-refractivity contribution in [2.45, 2.75) is 0 Å². The zero-order valence-electron chi connectivity index (χ0n) is 36.0. The van der Waals surface area contributed by atoms with Gasteiger partial charge in [0.2, 0.25) is 0 Å². The van der Waals surface area contributed by atoms with Crippen LogP contribution >= 0.6 is 0 Å². The number of nitrogens with zero attached hydrogens (tertiary/aromatic N) is 4. The molecule has 0 fully saturated rings. The van der Waals surface area contributed by atoms with Gasteiger partial charge in [0, 0.05) is 33.4 Å². The minimum absolute atomic E-state index is 0.700. The molecule has 9 aromatic carbocycles. The number of benzene rings is 9. The monoisotopic (exact) mass is 842 g/mol. The van der Waals surface area contributed by atoms with Crippen LogP contribution in [-0.2, 0) is 0 Å². The van der Waals surface area contributed by atoms with Gasteiger partial charge in [-0.3, -0.25) is 0 Å². The van der Waals surface area contributed by atoms with Crippen LogP contribution in [0, 0.1) is 0 Å². The standard InChI is InChI=1S/C62H42N4/c1-5-19-44(20-6-1)57-41-59(65-61(63-57)47-23-9-3-10-24-47)46-37-35-43(36-38-46)49-27-17-28-50(39-49)53-31-13-15-33-55(53)56-34-16-14-32-54(56)51-29-18-30-52(40-51)60-42-58(45-21-7-2-8-22-45)64-62(66-60)48-25-11-4-12-26-48/h1-42H. The van der Waals surface area contributed by atoms with E-state index in [0.717, 1.165) is 95.1 Å². The predicted molar refractivity (Wildman–Crippen MR) is 272 cm³/mol. The molecular formula is C62H42N4. The van der Waals surface area contributed by atoms with E-state index in [2.05, 4.69) is 182 Å². The smallest absolute Gasteiger partial charge is 0.160 e. The van der Waals surface area contributed by atoms with Gasteiger partial charge < -0.3 is 0 Å². The van der Waals surface area contributed by atoms with E-state index in [1.165, 1.54) is 5.56 Å². The van der Waals surface area contributed by atoms with Crippen molar-refractivity contribution in [2.75, 3.05) is 0 Å². The molecule has 2 aromatic heterocycles. The third kappa shape index (κ3) is 8.35. The fourth-order valence-corrected chi connectivity index (χ4v) is 8.62. The van der Waals surface area contributed by atoms with Gasteiger partial charge in [-0.15, -0.1) is 0 Å². The van der Waals surface area contributed by atoms with Crippen molar-refractivity contribution in [3.8, 4) is 112 Å². The van der Waals surface area contributed by atoms with Gasteiger partial charge in [-0.2, -0.15) is 0 Å². The maximum Gasteiger partial charge on any atom is 0.160 e. The Morgan fingerprint density at radius 1 is 0.167 bits per heavy atom. The SMILES string of the molecule is c1ccc(-c2cc(-c3ccc(-c4cccc(-c5ccccc5-c5ccccc5-c5cccc(-c6cc(-c7ccccc7)nc(-c7ccccc7)n6)c5)c4)cc3)nc(-c3ccccc3)n2)cc1. The van der Waals surface area contributed by atoms with Gasteiger partial charge in [0.25, 0.3) is 0 Å². The molecule has 0 bridgehead atoms. The second-order valence-electron chi connectivity index (χ2n) is 16.2. The van der Waals surface area contributed by atoms with Crippen molar-refractivity contribution in [3.63, 3.8) is 0 Å². The molecule has 66 heavy (non-hydrogen) atoms. The van der Waals surface area contributed by atoms with E-state index >= 15 is 0 Å². The average Bonchev–Trinajstić information content (AvgIpc) is 3.42. The molecule has 4 heteroatoms. The predicted octanol–water partition coefficient (Wildman–Crippen LogP) is 15.9. The molecule has 0 aliphatic rings. The van der Waals surface area contributed by atoms with Crippen molar-refractivity contribution in [1.29, 1.82) is 0 Å². The second-order valence-corrected chi connectivity index (χ2v) is 16.2. The van der Waals surface area contributed by atoms with Crippen LogP contribution in [0.15, 0.2) is 255 Å². The van der Waals surface area contributed by atoms with E-state index in [1.54, 1.807) is 0 Å². The topological polar surface area (TPSA) is 51.6 Å². The summed E-state index contributed by atoms with van der Waals surface area (Å²) in [6.45, 7) is 0. The largest absolute Gasteiger partial charge is 0.228 e. The highest BCUT2D eigenvalue weighted by Crippen LogP contribution is 2.40. The van der Waals surface area contributed by atoms with Crippen LogP contribution in [0.3, 0.4) is 0 Å². The van der Waals surface area contributed by atoms with E-state index in [4.69, 9.17) is 19.9 Å². The third-order valence-electron chi connectivity index (χ3n) is 12.0. The van der Waals surface area contributed by atoms with Gasteiger partial charge in [-0.05, 0) is 68.8 Å². The van der Waals surface area contributed by atoms with Crippen LogP contribution in [0.2, 0.25) is 0 Å². The molecule has 0 atom stereocenters. The van der Waals surface area contributed by atoms with Gasteiger partial charge in [0.05, 0.1) is 22.8 Å². The molecule has 11 rings (SSSR count). The Hall–Kier alpha value is -8.86. The van der Waals surface area contributed by atoms with Gasteiger partial charge >= 0.3 is 0 Å². The Morgan fingerprint density at radius 2 is 0.455 bits per heavy atom. The molecule has 0 aliphatic carbocycles. The van der Waals surface area contributed by atoms with Gasteiger partial charge in [0.15, 0.2) is 11.6 Å². The summed E-state index contributed by atoms with van der Waals surface area (Å²) in [5, 5.41) is 0. The first-order valence-corrected chi connectivity index (χ1v) is 22.2. The summed E-state index contributed by atoms with van der Waals surface area (Å²) in [5.41, 5.74) is 18.8. The number of hydrogen-bond acceptors (Lipinski definition) is 4. The summed E-state index contributed by atoms with van der Waals surface area (Å²) >= 11 is 0. The van der Waals surface area contributed by atoms with E-state index < -0.39 is 0 Å². The van der Waals surface area contributed by atoms with Crippen molar-refractivity contribution in [2.24, 2.45) is 0 Å². The van der Waals surface area contributed by atoms with E-state index in [0.29, 0.717) is 11.6 Å². The minimum atomic E-state index is 0.700. The van der Waals surface area contributed by atoms with Crippen LogP contribution in [0.4, 0.5) is 0 Å². The first-order valence-electron chi connectivity index (χ1n) is 22.2. The summed E-state index contributed by atoms with van der Waals surface area (Å²) in [6, 6.07) is 88.9. The van der Waals surface area contributed by atoms with Crippen LogP contribution in [-0.4, -0.2) is 19.9 Å². The van der Waals surface area contributed by atoms with Gasteiger partial charge in [-0.1, -0.05) is 231 Å². The lowest BCUT2D eigenvalue weighted by atomic mass is 9.88. The Labute approximate surface area is 385 Å². The van der Waals surface area contributed by atoms with E-state index in [-0.39, 0.29) is 0 Å². The van der Waals surface area contributed by atoms with Crippen LogP contribution in [0.5, 0.6) is 0 Å². The van der Waals surface area contributed by atoms with Crippen molar-refractivity contribution in [3.05, 3.63) is 255 Å². The molecule has 0 aliphatic heterocycles. The van der Waals surface area contributed by atoms with Gasteiger partial charge in [0.1, 0.15) is 0 Å². The normalized spacial score (nSPS) is 11.0. The molecule has 4 nitrogen and oxygen atoms in total. The molecule has 0 N–H and O–H groups in total. The molecule has 11 aromatic rings. The fourth-order valence-electron chi connectivity index (χ4n) is 8.62. The zero-order chi connectivity index (χ0) is 44.1. The van der Waals surface area contributed by atoms with Crippen LogP contribution < -0.4 is 0 Å². The summed E-state index contributed by atoms with van der Waals surface area (Å²) in [5.74, 6) is 1.41. The lowest BCUT2D eigenvalue weighted by molar-refractivity contribution is 1.18. The van der Waals surface area contributed by atoms with E-state index in [1.807, 2.05) is 72.8 Å². The van der Waals surface area contributed by atoms with Crippen molar-refractivity contribution < 1.29 is 0 Å². The summed E-state index contributed by atoms with van der Waals surface area (Å²) < 4.78 is 0. The molecular weight excluding hydrogens is 801 g/mol. The van der Waals surface area contributed by atoms with Crippen molar-refractivity contribution in [1.82, 2.24) is 19.9 Å². The molecule has 0 radical (unpaired) electrons. The number of aromatic nitrogens is 4. The number of rotatable bonds is 10. The molecule has 0 saturated carbocycles. The summed E-state index contributed by atoms with van der Waals surface area (Å²) in [4.78, 5) is 20.2. The molecule has 0 saturated heterocycles. The first kappa shape index (κ1) is 40.0. The lowest BCUT2D eigenvalue weighted by Crippen LogP contribution is -1.96. The highest BCUT2D eigenvalue weighted by Gasteiger charge is 2.16. The van der Waals surface area contributed by atoms with E-state index in [9.17, 15) is 0 Å². The fraction of sp³-hybridized carbons (Fsp3) is 0. The molecule has 0 amide bonds. The Balaban J connectivity index is 0.928. The Kier molecular flexibility index (Phi) is 10.9. The highest BCUT2D eigenvalue weighted by atomic mass is 14.9. The summed E-state index contributed by atoms with van der Waals surface area (Å²) in [6.07, 6.45) is 0. The molecule has 2 heterocycles. The lowest BCUT2D eigenvalue weighted by Gasteiger charge is -2.16. The van der Waals surface area contributed by atoms with Crippen molar-refractivity contribution >= 4 is 0 Å². The quantitative estimate of drug-likeness (QED) is 0.138. The molecule has 310 valence electrons. The second kappa shape index (κ2) is 18.1. The average molecular weight is 843 g/mol. The first-order chi connectivity index (χ1) is 32.7. The number of hydrogen-bond donors (Lipinski definition) is 0.